The van der Waals surface area contributed by atoms with Gasteiger partial charge in [-0.15, -0.1) is 0 Å². The fourth-order valence-electron chi connectivity index (χ4n) is 2.79. The summed E-state index contributed by atoms with van der Waals surface area (Å²) in [5.74, 6) is 0.00101. The molecule has 1 amide bonds. The molecule has 2 heterocycles. The summed E-state index contributed by atoms with van der Waals surface area (Å²) in [5.41, 5.74) is 1.82. The first kappa shape index (κ1) is 14.6. The second-order valence-electron chi connectivity index (χ2n) is 5.48. The van der Waals surface area contributed by atoms with Gasteiger partial charge in [-0.3, -0.25) is 9.48 Å². The average molecular weight is 299 g/mol. The first-order valence-corrected chi connectivity index (χ1v) is 7.79. The van der Waals surface area contributed by atoms with E-state index < -0.39 is 0 Å². The van der Waals surface area contributed by atoms with E-state index in [2.05, 4.69) is 20.3 Å². The number of hydrogen-bond acceptors (Lipinski definition) is 4. The summed E-state index contributed by atoms with van der Waals surface area (Å²) in [6, 6.07) is 7.86. The van der Waals surface area contributed by atoms with Crippen LogP contribution in [0.25, 0.3) is 0 Å². The Labute approximate surface area is 130 Å². The van der Waals surface area contributed by atoms with Gasteiger partial charge in [-0.25, -0.2) is 4.98 Å². The molecule has 0 spiro atoms. The summed E-state index contributed by atoms with van der Waals surface area (Å²) < 4.78 is 1.77. The number of aryl methyl sites for hydroxylation is 1. The summed E-state index contributed by atoms with van der Waals surface area (Å²) >= 11 is 0. The van der Waals surface area contributed by atoms with Crippen molar-refractivity contribution in [1.82, 2.24) is 20.1 Å². The molecule has 2 aromatic rings. The van der Waals surface area contributed by atoms with E-state index in [9.17, 15) is 4.79 Å². The number of rotatable bonds is 6. The van der Waals surface area contributed by atoms with E-state index in [-0.39, 0.29) is 5.91 Å². The lowest BCUT2D eigenvalue weighted by atomic mass is 10.1. The van der Waals surface area contributed by atoms with Crippen LogP contribution < -0.4 is 10.2 Å². The zero-order chi connectivity index (χ0) is 15.2. The van der Waals surface area contributed by atoms with Gasteiger partial charge in [0.2, 0.25) is 0 Å². The molecule has 0 aliphatic carbocycles. The highest BCUT2D eigenvalue weighted by Gasteiger charge is 2.18. The standard InChI is InChI=1S/C16H21N5O/c22-16(18-8-5-11-21-13-17-12-19-21)14-6-1-2-7-15(14)20-9-3-4-10-20/h1-2,6-7,12-13H,3-5,8-11H2,(H,18,22). The van der Waals surface area contributed by atoms with Crippen LogP contribution in [-0.4, -0.2) is 40.3 Å². The van der Waals surface area contributed by atoms with E-state index in [4.69, 9.17) is 0 Å². The molecule has 0 bridgehead atoms. The van der Waals surface area contributed by atoms with E-state index in [1.54, 1.807) is 11.0 Å². The smallest absolute Gasteiger partial charge is 0.253 e. The highest BCUT2D eigenvalue weighted by molar-refractivity contribution is 5.99. The molecular weight excluding hydrogens is 278 g/mol. The number of carbonyl (C=O) groups excluding carboxylic acids is 1. The number of amides is 1. The minimum absolute atomic E-state index is 0.00101. The van der Waals surface area contributed by atoms with Crippen molar-refractivity contribution in [3.8, 4) is 0 Å². The quantitative estimate of drug-likeness (QED) is 0.825. The van der Waals surface area contributed by atoms with Gasteiger partial charge in [0.25, 0.3) is 5.91 Å². The second-order valence-corrected chi connectivity index (χ2v) is 5.48. The molecule has 1 aliphatic heterocycles. The largest absolute Gasteiger partial charge is 0.371 e. The second kappa shape index (κ2) is 7.06. The Bertz CT molecular complexity index is 605. The molecule has 1 N–H and O–H groups in total. The summed E-state index contributed by atoms with van der Waals surface area (Å²) in [5, 5.41) is 7.04. The Hall–Kier alpha value is -2.37. The molecule has 1 fully saturated rings. The topological polar surface area (TPSA) is 63.1 Å². The van der Waals surface area contributed by atoms with Crippen molar-refractivity contribution in [1.29, 1.82) is 0 Å². The van der Waals surface area contributed by atoms with Gasteiger partial charge in [0.05, 0.1) is 5.56 Å². The number of nitrogens with zero attached hydrogens (tertiary/aromatic N) is 4. The fourth-order valence-corrected chi connectivity index (χ4v) is 2.79. The number of para-hydroxylation sites is 1. The van der Waals surface area contributed by atoms with Crippen molar-refractivity contribution in [3.63, 3.8) is 0 Å². The number of hydrogen-bond donors (Lipinski definition) is 1. The summed E-state index contributed by atoms with van der Waals surface area (Å²) in [7, 11) is 0. The maximum Gasteiger partial charge on any atom is 0.253 e. The van der Waals surface area contributed by atoms with Crippen LogP contribution in [0.4, 0.5) is 5.69 Å². The monoisotopic (exact) mass is 299 g/mol. The molecule has 6 heteroatoms. The van der Waals surface area contributed by atoms with Crippen LogP contribution in [0.2, 0.25) is 0 Å². The van der Waals surface area contributed by atoms with Crippen molar-refractivity contribution in [2.24, 2.45) is 0 Å². The average Bonchev–Trinajstić information content (AvgIpc) is 3.24. The third-order valence-electron chi connectivity index (χ3n) is 3.91. The zero-order valence-corrected chi connectivity index (χ0v) is 12.6. The van der Waals surface area contributed by atoms with Crippen molar-refractivity contribution in [2.75, 3.05) is 24.5 Å². The summed E-state index contributed by atoms with van der Waals surface area (Å²) in [6.07, 6.45) is 6.44. The van der Waals surface area contributed by atoms with Gasteiger partial charge in [0, 0.05) is 31.9 Å². The number of nitrogens with one attached hydrogen (secondary N) is 1. The van der Waals surface area contributed by atoms with Crippen LogP contribution in [-0.2, 0) is 6.54 Å². The predicted molar refractivity (Wildman–Crippen MR) is 84.9 cm³/mol. The highest BCUT2D eigenvalue weighted by Crippen LogP contribution is 2.24. The lowest BCUT2D eigenvalue weighted by Crippen LogP contribution is -2.28. The van der Waals surface area contributed by atoms with Crippen LogP contribution in [0.3, 0.4) is 0 Å². The zero-order valence-electron chi connectivity index (χ0n) is 12.6. The Kier molecular flexibility index (Phi) is 4.68. The summed E-state index contributed by atoms with van der Waals surface area (Å²) in [4.78, 5) is 18.6. The van der Waals surface area contributed by atoms with Crippen molar-refractivity contribution in [2.45, 2.75) is 25.8 Å². The first-order chi connectivity index (χ1) is 10.8. The third-order valence-corrected chi connectivity index (χ3v) is 3.91. The number of anilines is 1. The van der Waals surface area contributed by atoms with E-state index in [1.165, 1.54) is 19.2 Å². The minimum atomic E-state index is 0.00101. The van der Waals surface area contributed by atoms with Gasteiger partial charge in [-0.1, -0.05) is 12.1 Å². The molecule has 22 heavy (non-hydrogen) atoms. The van der Waals surface area contributed by atoms with Gasteiger partial charge in [-0.2, -0.15) is 5.10 Å². The first-order valence-electron chi connectivity index (χ1n) is 7.79. The van der Waals surface area contributed by atoms with Crippen molar-refractivity contribution in [3.05, 3.63) is 42.5 Å². The molecule has 1 aromatic carbocycles. The molecule has 1 aromatic heterocycles. The lowest BCUT2D eigenvalue weighted by molar-refractivity contribution is 0.0953. The van der Waals surface area contributed by atoms with E-state index in [1.807, 2.05) is 24.3 Å². The van der Waals surface area contributed by atoms with E-state index in [0.717, 1.165) is 37.3 Å². The van der Waals surface area contributed by atoms with Crippen LogP contribution in [0, 0.1) is 0 Å². The van der Waals surface area contributed by atoms with Gasteiger partial charge in [0.15, 0.2) is 0 Å². The maximum atomic E-state index is 12.4. The number of benzene rings is 1. The highest BCUT2D eigenvalue weighted by atomic mass is 16.1. The SMILES string of the molecule is O=C(NCCCn1cncn1)c1ccccc1N1CCCC1. The van der Waals surface area contributed by atoms with Crippen LogP contribution in [0.15, 0.2) is 36.9 Å². The Balaban J connectivity index is 1.55. The molecule has 0 saturated carbocycles. The molecule has 1 saturated heterocycles. The van der Waals surface area contributed by atoms with Crippen LogP contribution in [0.1, 0.15) is 29.6 Å². The number of carbonyl (C=O) groups is 1. The van der Waals surface area contributed by atoms with Gasteiger partial charge >= 0.3 is 0 Å². The van der Waals surface area contributed by atoms with Gasteiger partial charge in [0.1, 0.15) is 12.7 Å². The molecule has 0 atom stereocenters. The third kappa shape index (κ3) is 3.44. The van der Waals surface area contributed by atoms with Crippen molar-refractivity contribution >= 4 is 11.6 Å². The van der Waals surface area contributed by atoms with Crippen LogP contribution >= 0.6 is 0 Å². The normalized spacial score (nSPS) is 14.3. The lowest BCUT2D eigenvalue weighted by Gasteiger charge is -2.20. The Morgan fingerprint density at radius 2 is 2.05 bits per heavy atom. The Morgan fingerprint density at radius 3 is 2.82 bits per heavy atom. The minimum Gasteiger partial charge on any atom is -0.371 e. The number of aromatic nitrogens is 3. The maximum absolute atomic E-state index is 12.4. The molecule has 0 radical (unpaired) electrons. The van der Waals surface area contributed by atoms with Gasteiger partial charge in [-0.05, 0) is 31.4 Å². The van der Waals surface area contributed by atoms with E-state index >= 15 is 0 Å². The molecule has 0 unspecified atom stereocenters. The van der Waals surface area contributed by atoms with Gasteiger partial charge < -0.3 is 10.2 Å². The Morgan fingerprint density at radius 1 is 1.23 bits per heavy atom. The molecule has 116 valence electrons. The molecular formula is C16H21N5O. The van der Waals surface area contributed by atoms with E-state index in [0.29, 0.717) is 6.54 Å². The predicted octanol–water partition coefficient (Wildman–Crippen LogP) is 1.70. The fraction of sp³-hybridized carbons (Fsp3) is 0.438. The molecule has 6 nitrogen and oxygen atoms in total. The molecule has 3 rings (SSSR count). The van der Waals surface area contributed by atoms with Crippen molar-refractivity contribution < 1.29 is 4.79 Å². The van der Waals surface area contributed by atoms with Crippen LogP contribution in [0.5, 0.6) is 0 Å². The summed E-state index contributed by atoms with van der Waals surface area (Å²) in [6.45, 7) is 3.47. The molecule has 1 aliphatic rings.